The van der Waals surface area contributed by atoms with Crippen LogP contribution in [-0.2, 0) is 16.0 Å². The first kappa shape index (κ1) is 15.1. The number of nitrogens with one attached hydrogen (secondary N) is 1. The number of carbonyl (C=O) groups excluding carboxylic acids is 1. The number of carboxylic acid groups (broad SMARTS) is 1. The molecule has 0 saturated heterocycles. The first-order valence-electron chi connectivity index (χ1n) is 5.98. The molecule has 0 radical (unpaired) electrons. The Morgan fingerprint density at radius 1 is 1.26 bits per heavy atom. The first-order chi connectivity index (χ1) is 8.70. The number of halogens is 1. The zero-order valence-corrected chi connectivity index (χ0v) is 11.2. The van der Waals surface area contributed by atoms with E-state index in [9.17, 15) is 14.0 Å². The summed E-state index contributed by atoms with van der Waals surface area (Å²) >= 11 is 0. The van der Waals surface area contributed by atoms with Crippen LogP contribution in [0.5, 0.6) is 0 Å². The van der Waals surface area contributed by atoms with Crippen LogP contribution in [0.4, 0.5) is 4.39 Å². The van der Waals surface area contributed by atoms with Crippen molar-refractivity contribution in [1.29, 1.82) is 0 Å². The van der Waals surface area contributed by atoms with Crippen molar-refractivity contribution < 1.29 is 19.1 Å². The van der Waals surface area contributed by atoms with Crippen LogP contribution in [0, 0.1) is 11.2 Å². The fourth-order valence-electron chi connectivity index (χ4n) is 1.43. The van der Waals surface area contributed by atoms with Gasteiger partial charge in [0.05, 0.1) is 0 Å². The molecular formula is C14H18FNO3. The van der Waals surface area contributed by atoms with Crippen molar-refractivity contribution in [3.8, 4) is 0 Å². The van der Waals surface area contributed by atoms with Crippen LogP contribution in [0.25, 0.3) is 0 Å². The zero-order valence-electron chi connectivity index (χ0n) is 11.2. The van der Waals surface area contributed by atoms with E-state index in [0.29, 0.717) is 5.56 Å². The third kappa shape index (κ3) is 4.69. The van der Waals surface area contributed by atoms with E-state index in [0.717, 1.165) is 0 Å². The van der Waals surface area contributed by atoms with Crippen molar-refractivity contribution in [2.75, 3.05) is 0 Å². The number of carboxylic acids is 1. The lowest BCUT2D eigenvalue weighted by molar-refractivity contribution is -0.143. The molecule has 1 aromatic rings. The van der Waals surface area contributed by atoms with Gasteiger partial charge in [0.25, 0.3) is 0 Å². The Morgan fingerprint density at radius 2 is 1.79 bits per heavy atom. The molecule has 19 heavy (non-hydrogen) atoms. The van der Waals surface area contributed by atoms with Gasteiger partial charge in [-0.15, -0.1) is 0 Å². The standard InChI is InChI=1S/C14H18FNO3/c1-14(2,3)13(19)16-11(12(17)18)8-9-4-6-10(15)7-5-9/h4-7,11H,8H2,1-3H3,(H,16,19)(H,17,18)/t11-/m0/s1. The molecule has 0 bridgehead atoms. The predicted octanol–water partition coefficient (Wildman–Crippen LogP) is 1.98. The summed E-state index contributed by atoms with van der Waals surface area (Å²) in [6, 6.07) is 4.53. The summed E-state index contributed by atoms with van der Waals surface area (Å²) in [5.41, 5.74) is -0.000690. The molecule has 1 amide bonds. The minimum Gasteiger partial charge on any atom is -0.480 e. The second-order valence-electron chi connectivity index (χ2n) is 5.44. The monoisotopic (exact) mass is 267 g/mol. The van der Waals surface area contributed by atoms with Crippen LogP contribution in [0.3, 0.4) is 0 Å². The summed E-state index contributed by atoms with van der Waals surface area (Å²) in [4.78, 5) is 22.9. The van der Waals surface area contributed by atoms with E-state index < -0.39 is 17.4 Å². The van der Waals surface area contributed by atoms with Crippen LogP contribution < -0.4 is 5.32 Å². The van der Waals surface area contributed by atoms with Gasteiger partial charge in [-0.25, -0.2) is 9.18 Å². The molecule has 0 fully saturated rings. The highest BCUT2D eigenvalue weighted by Crippen LogP contribution is 2.14. The van der Waals surface area contributed by atoms with E-state index in [-0.39, 0.29) is 18.1 Å². The molecule has 1 rings (SSSR count). The molecule has 0 spiro atoms. The summed E-state index contributed by atoms with van der Waals surface area (Å²) in [6.07, 6.45) is 0.122. The second kappa shape index (κ2) is 5.82. The highest BCUT2D eigenvalue weighted by Gasteiger charge is 2.27. The van der Waals surface area contributed by atoms with E-state index in [2.05, 4.69) is 5.32 Å². The molecule has 0 heterocycles. The third-order valence-electron chi connectivity index (χ3n) is 2.64. The van der Waals surface area contributed by atoms with Crippen LogP contribution in [0.15, 0.2) is 24.3 Å². The van der Waals surface area contributed by atoms with Gasteiger partial charge in [0.2, 0.25) is 5.91 Å². The average molecular weight is 267 g/mol. The van der Waals surface area contributed by atoms with Gasteiger partial charge < -0.3 is 10.4 Å². The van der Waals surface area contributed by atoms with Crippen molar-refractivity contribution in [3.05, 3.63) is 35.6 Å². The van der Waals surface area contributed by atoms with Gasteiger partial charge in [0.1, 0.15) is 11.9 Å². The summed E-state index contributed by atoms with van der Waals surface area (Å²) < 4.78 is 12.8. The summed E-state index contributed by atoms with van der Waals surface area (Å²) in [6.45, 7) is 5.12. The van der Waals surface area contributed by atoms with Gasteiger partial charge in [-0.1, -0.05) is 32.9 Å². The topological polar surface area (TPSA) is 66.4 Å². The summed E-state index contributed by atoms with van der Waals surface area (Å²) in [7, 11) is 0. The van der Waals surface area contributed by atoms with Gasteiger partial charge in [-0.2, -0.15) is 0 Å². The highest BCUT2D eigenvalue weighted by atomic mass is 19.1. The van der Waals surface area contributed by atoms with Crippen molar-refractivity contribution in [1.82, 2.24) is 5.32 Å². The molecule has 4 nitrogen and oxygen atoms in total. The first-order valence-corrected chi connectivity index (χ1v) is 5.98. The largest absolute Gasteiger partial charge is 0.480 e. The minimum absolute atomic E-state index is 0.122. The Kier molecular flexibility index (Phi) is 4.64. The number of hydrogen-bond donors (Lipinski definition) is 2. The molecule has 5 heteroatoms. The van der Waals surface area contributed by atoms with Crippen molar-refractivity contribution in [2.45, 2.75) is 33.2 Å². The van der Waals surface area contributed by atoms with Gasteiger partial charge in [0.15, 0.2) is 0 Å². The molecule has 0 saturated carbocycles. The second-order valence-corrected chi connectivity index (χ2v) is 5.44. The van der Waals surface area contributed by atoms with Crippen LogP contribution >= 0.6 is 0 Å². The van der Waals surface area contributed by atoms with Crippen LogP contribution in [0.1, 0.15) is 26.3 Å². The number of hydrogen-bond acceptors (Lipinski definition) is 2. The van der Waals surface area contributed by atoms with Crippen molar-refractivity contribution in [2.24, 2.45) is 5.41 Å². The van der Waals surface area contributed by atoms with E-state index in [1.807, 2.05) is 0 Å². The Morgan fingerprint density at radius 3 is 2.21 bits per heavy atom. The molecule has 2 N–H and O–H groups in total. The average Bonchev–Trinajstić information content (AvgIpc) is 2.29. The predicted molar refractivity (Wildman–Crippen MR) is 69.1 cm³/mol. The van der Waals surface area contributed by atoms with Gasteiger partial charge in [-0.3, -0.25) is 4.79 Å². The number of carbonyl (C=O) groups is 2. The number of benzene rings is 1. The normalized spacial score (nSPS) is 12.8. The van der Waals surface area contributed by atoms with Crippen LogP contribution in [0.2, 0.25) is 0 Å². The zero-order chi connectivity index (χ0) is 14.6. The van der Waals surface area contributed by atoms with Crippen molar-refractivity contribution >= 4 is 11.9 Å². The summed E-state index contributed by atoms with van der Waals surface area (Å²) in [5.74, 6) is -1.82. The lowest BCUT2D eigenvalue weighted by atomic mass is 9.94. The van der Waals surface area contributed by atoms with Gasteiger partial charge in [0, 0.05) is 11.8 Å². The molecular weight excluding hydrogens is 249 g/mol. The Balaban J connectivity index is 2.77. The molecule has 0 aliphatic heterocycles. The van der Waals surface area contributed by atoms with E-state index in [4.69, 9.17) is 5.11 Å². The lowest BCUT2D eigenvalue weighted by Crippen LogP contribution is -2.46. The molecule has 0 aliphatic carbocycles. The number of amides is 1. The Bertz CT molecular complexity index is 463. The summed E-state index contributed by atoms with van der Waals surface area (Å²) in [5, 5.41) is 11.6. The van der Waals surface area contributed by atoms with E-state index >= 15 is 0 Å². The molecule has 0 aliphatic rings. The molecule has 0 unspecified atom stereocenters. The van der Waals surface area contributed by atoms with Gasteiger partial charge >= 0.3 is 5.97 Å². The van der Waals surface area contributed by atoms with E-state index in [1.165, 1.54) is 24.3 Å². The lowest BCUT2D eigenvalue weighted by Gasteiger charge is -2.22. The third-order valence-corrected chi connectivity index (χ3v) is 2.64. The Hall–Kier alpha value is -1.91. The van der Waals surface area contributed by atoms with E-state index in [1.54, 1.807) is 20.8 Å². The molecule has 0 aromatic heterocycles. The fourth-order valence-corrected chi connectivity index (χ4v) is 1.43. The quantitative estimate of drug-likeness (QED) is 0.876. The maximum atomic E-state index is 12.8. The smallest absolute Gasteiger partial charge is 0.326 e. The number of rotatable bonds is 4. The Labute approximate surface area is 111 Å². The maximum absolute atomic E-state index is 12.8. The SMILES string of the molecule is CC(C)(C)C(=O)N[C@@H](Cc1ccc(F)cc1)C(=O)O. The molecule has 104 valence electrons. The fraction of sp³-hybridized carbons (Fsp3) is 0.429. The van der Waals surface area contributed by atoms with Crippen molar-refractivity contribution in [3.63, 3.8) is 0 Å². The van der Waals surface area contributed by atoms with Crippen LogP contribution in [-0.4, -0.2) is 23.0 Å². The highest BCUT2D eigenvalue weighted by molar-refractivity contribution is 5.86. The van der Waals surface area contributed by atoms with Gasteiger partial charge in [-0.05, 0) is 17.7 Å². The molecule has 1 aromatic carbocycles. The maximum Gasteiger partial charge on any atom is 0.326 e. The molecule has 1 atom stereocenters. The number of aliphatic carboxylic acids is 1. The minimum atomic E-state index is -1.11.